The molecule has 14 heteroatoms. The zero-order chi connectivity index (χ0) is 45.0. The fourth-order valence-electron chi connectivity index (χ4n) is 6.54. The van der Waals surface area contributed by atoms with Gasteiger partial charge in [-0.25, -0.2) is 4.57 Å². The molecule has 6 unspecified atom stereocenters. The number of phosphoric acid groups is 1. The number of allylic oxidation sites excluding steroid dienone is 11. The zero-order valence-corrected chi connectivity index (χ0v) is 37.7. The molecule has 8 atom stereocenters. The number of rotatable bonds is 37. The highest BCUT2D eigenvalue weighted by Crippen LogP contribution is 2.47. The summed E-state index contributed by atoms with van der Waals surface area (Å²) in [5.74, 6) is -1.18. The number of hydrogen-bond acceptors (Lipinski definition) is 12. The summed E-state index contributed by atoms with van der Waals surface area (Å²) >= 11 is 0. The normalized spacial score (nSPS) is 22.5. The van der Waals surface area contributed by atoms with Gasteiger partial charge in [0, 0.05) is 12.8 Å². The Bertz CT molecular complexity index is 1330. The molecule has 6 N–H and O–H groups in total. The molecule has 1 aliphatic carbocycles. The van der Waals surface area contributed by atoms with Crippen molar-refractivity contribution in [1.82, 2.24) is 0 Å². The van der Waals surface area contributed by atoms with Crippen LogP contribution in [0.15, 0.2) is 73.4 Å². The molecule has 1 fully saturated rings. The predicted molar refractivity (Wildman–Crippen MR) is 239 cm³/mol. The molecule has 0 amide bonds. The lowest BCUT2D eigenvalue weighted by atomic mass is 9.85. The van der Waals surface area contributed by atoms with Crippen LogP contribution in [0.3, 0.4) is 0 Å². The number of phosphoric ester groups is 1. The van der Waals surface area contributed by atoms with Gasteiger partial charge in [-0.1, -0.05) is 144 Å². The highest BCUT2D eigenvalue weighted by Gasteiger charge is 2.51. The van der Waals surface area contributed by atoms with E-state index in [2.05, 4.69) is 62.1 Å². The van der Waals surface area contributed by atoms with Crippen LogP contribution >= 0.6 is 7.82 Å². The number of hydrogen-bond donors (Lipinski definition) is 6. The van der Waals surface area contributed by atoms with E-state index in [9.17, 15) is 44.6 Å². The van der Waals surface area contributed by atoms with E-state index in [1.807, 2.05) is 18.2 Å². The number of carbonyl (C=O) groups excluding carboxylic acids is 2. The number of aliphatic hydroxyl groups is 5. The summed E-state index contributed by atoms with van der Waals surface area (Å²) in [6.07, 6.45) is 31.4. The minimum Gasteiger partial charge on any atom is -0.462 e. The molecular weight excluding hydrogens is 803 g/mol. The van der Waals surface area contributed by atoms with Crippen LogP contribution in [0.4, 0.5) is 0 Å². The monoisotopic (exact) mass is 883 g/mol. The van der Waals surface area contributed by atoms with E-state index in [4.69, 9.17) is 18.5 Å². The molecule has 61 heavy (non-hydrogen) atoms. The van der Waals surface area contributed by atoms with Crippen LogP contribution in [-0.2, 0) is 32.7 Å². The van der Waals surface area contributed by atoms with E-state index >= 15 is 0 Å². The van der Waals surface area contributed by atoms with Crippen molar-refractivity contribution in [2.45, 2.75) is 197 Å². The summed E-state index contributed by atoms with van der Waals surface area (Å²) in [6, 6.07) is 0. The SMILES string of the molecule is C=CCCCCCCCCCCCCCCCC(=O)OC[C@H](COP(=O)(O)OC1C(O)C(O)C(O)[C@H](O)C1O)OC(=O)CCC/C=C/C/C=C/C/C=C/C/C=C/C/C=C/CC. The predicted octanol–water partition coefficient (Wildman–Crippen LogP) is 8.72. The number of aliphatic hydroxyl groups excluding tert-OH is 5. The molecular formula is C47H79O13P. The van der Waals surface area contributed by atoms with Gasteiger partial charge in [0.05, 0.1) is 6.61 Å². The smallest absolute Gasteiger partial charge is 0.462 e. The van der Waals surface area contributed by atoms with Gasteiger partial charge in [0.1, 0.15) is 43.2 Å². The summed E-state index contributed by atoms with van der Waals surface area (Å²) in [5, 5.41) is 50.1. The van der Waals surface area contributed by atoms with Crippen molar-refractivity contribution in [3.63, 3.8) is 0 Å². The Morgan fingerprint density at radius 1 is 0.557 bits per heavy atom. The molecule has 0 heterocycles. The molecule has 0 bridgehead atoms. The van der Waals surface area contributed by atoms with Gasteiger partial charge in [-0.3, -0.25) is 18.6 Å². The molecule has 0 saturated heterocycles. The first kappa shape index (κ1) is 56.3. The van der Waals surface area contributed by atoms with Crippen molar-refractivity contribution < 1.29 is 63.1 Å². The van der Waals surface area contributed by atoms with Gasteiger partial charge < -0.3 is 39.9 Å². The second-order valence-electron chi connectivity index (χ2n) is 15.6. The van der Waals surface area contributed by atoms with E-state index in [-0.39, 0.29) is 12.8 Å². The average Bonchev–Trinajstić information content (AvgIpc) is 3.24. The zero-order valence-electron chi connectivity index (χ0n) is 36.8. The number of unbranched alkanes of at least 4 members (excludes halogenated alkanes) is 14. The second kappa shape index (κ2) is 36.7. The van der Waals surface area contributed by atoms with E-state index < -0.39 is 75.7 Å². The minimum atomic E-state index is -5.14. The Morgan fingerprint density at radius 3 is 1.48 bits per heavy atom. The van der Waals surface area contributed by atoms with E-state index in [1.54, 1.807) is 0 Å². The van der Waals surface area contributed by atoms with E-state index in [0.29, 0.717) is 19.3 Å². The summed E-state index contributed by atoms with van der Waals surface area (Å²) < 4.78 is 33.4. The fraction of sp³-hybridized carbons (Fsp3) is 0.702. The Labute approximate surface area is 365 Å². The molecule has 0 aromatic heterocycles. The maximum atomic E-state index is 12.8. The Morgan fingerprint density at radius 2 is 0.984 bits per heavy atom. The summed E-state index contributed by atoms with van der Waals surface area (Å²) in [7, 11) is -5.14. The molecule has 1 saturated carbocycles. The Balaban J connectivity index is 2.51. The third kappa shape index (κ3) is 29.3. The first-order valence-corrected chi connectivity index (χ1v) is 24.2. The molecule has 0 radical (unpaired) electrons. The maximum Gasteiger partial charge on any atom is 0.472 e. The van der Waals surface area contributed by atoms with Crippen molar-refractivity contribution in [2.75, 3.05) is 13.2 Å². The van der Waals surface area contributed by atoms with E-state index in [1.165, 1.54) is 57.8 Å². The molecule has 0 aromatic carbocycles. The molecule has 13 nitrogen and oxygen atoms in total. The van der Waals surface area contributed by atoms with Crippen molar-refractivity contribution in [3.05, 3.63) is 73.4 Å². The minimum absolute atomic E-state index is 0.0149. The largest absolute Gasteiger partial charge is 0.472 e. The quantitative estimate of drug-likeness (QED) is 0.0149. The average molecular weight is 883 g/mol. The summed E-state index contributed by atoms with van der Waals surface area (Å²) in [6.45, 7) is 4.65. The lowest BCUT2D eigenvalue weighted by Crippen LogP contribution is -2.64. The molecule has 350 valence electrons. The lowest BCUT2D eigenvalue weighted by Gasteiger charge is -2.41. The number of ether oxygens (including phenoxy) is 2. The molecule has 0 spiro atoms. The van der Waals surface area contributed by atoms with Gasteiger partial charge in [-0.15, -0.1) is 6.58 Å². The van der Waals surface area contributed by atoms with Crippen LogP contribution in [0.5, 0.6) is 0 Å². The van der Waals surface area contributed by atoms with Crippen LogP contribution in [0, 0.1) is 0 Å². The van der Waals surface area contributed by atoms with Gasteiger partial charge in [-0.2, -0.15) is 0 Å². The van der Waals surface area contributed by atoms with Gasteiger partial charge >= 0.3 is 19.8 Å². The van der Waals surface area contributed by atoms with Crippen LogP contribution < -0.4 is 0 Å². The number of esters is 2. The third-order valence-corrected chi connectivity index (χ3v) is 11.2. The van der Waals surface area contributed by atoms with Crippen LogP contribution in [0.25, 0.3) is 0 Å². The van der Waals surface area contributed by atoms with Crippen LogP contribution in [0.1, 0.15) is 155 Å². The van der Waals surface area contributed by atoms with Crippen molar-refractivity contribution in [2.24, 2.45) is 0 Å². The first-order chi connectivity index (χ1) is 29.4. The highest BCUT2D eigenvalue weighted by atomic mass is 31.2. The van der Waals surface area contributed by atoms with Crippen LogP contribution in [-0.4, -0.2) is 98.3 Å². The van der Waals surface area contributed by atoms with Crippen molar-refractivity contribution in [1.29, 1.82) is 0 Å². The van der Waals surface area contributed by atoms with Crippen molar-refractivity contribution in [3.8, 4) is 0 Å². The Kier molecular flexibility index (Phi) is 33.9. The molecule has 1 rings (SSSR count). The molecule has 0 aliphatic heterocycles. The second-order valence-corrected chi connectivity index (χ2v) is 17.0. The topological polar surface area (TPSA) is 210 Å². The first-order valence-electron chi connectivity index (χ1n) is 22.7. The molecule has 0 aromatic rings. The lowest BCUT2D eigenvalue weighted by molar-refractivity contribution is -0.220. The van der Waals surface area contributed by atoms with Gasteiger partial charge in [0.2, 0.25) is 0 Å². The number of carbonyl (C=O) groups is 2. The maximum absolute atomic E-state index is 12.8. The van der Waals surface area contributed by atoms with Crippen LogP contribution in [0.2, 0.25) is 0 Å². The highest BCUT2D eigenvalue weighted by molar-refractivity contribution is 7.47. The van der Waals surface area contributed by atoms with Crippen molar-refractivity contribution >= 4 is 19.8 Å². The summed E-state index contributed by atoms with van der Waals surface area (Å²) in [4.78, 5) is 35.7. The standard InChI is InChI=1S/C47H79O13P/c1-3-5-7-9-11-13-15-17-19-20-22-24-26-28-30-32-34-36-41(49)59-39(38-58-61(55,56)60-47-45(53)43(51)42(50)44(52)46(47)54)37-57-40(48)35-33-31-29-27-25-23-21-18-16-14-12-10-8-6-4-2/h4-5,7,11,13,17,19,22,24,28,30,39,42-47,50-54H,2-3,6,8-10,12,14-16,18,20-21,23,25-27,29,31-38H2,1H3,(H,55,56)/b7-5+,13-11+,19-17+,24-22+,30-28+/t39-,42?,43+,44?,45?,46?,47?/m1/s1. The summed E-state index contributed by atoms with van der Waals surface area (Å²) in [5.41, 5.74) is 0. The fourth-order valence-corrected chi connectivity index (χ4v) is 7.51. The van der Waals surface area contributed by atoms with Gasteiger partial charge in [-0.05, 0) is 64.2 Å². The third-order valence-electron chi connectivity index (χ3n) is 10.2. The van der Waals surface area contributed by atoms with Gasteiger partial charge in [0.25, 0.3) is 0 Å². The van der Waals surface area contributed by atoms with Gasteiger partial charge in [0.15, 0.2) is 6.10 Å². The van der Waals surface area contributed by atoms with E-state index in [0.717, 1.165) is 57.8 Å². The Hall–Kier alpha value is -2.71. The molecule has 1 aliphatic rings.